The second kappa shape index (κ2) is 7.40. The van der Waals surface area contributed by atoms with Crippen LogP contribution in [0.5, 0.6) is 0 Å². The van der Waals surface area contributed by atoms with Gasteiger partial charge in [-0.1, -0.05) is 42.5 Å². The maximum Gasteiger partial charge on any atom is 0.303 e. The molecule has 0 spiro atoms. The minimum Gasteiger partial charge on any atom is -0.481 e. The molecule has 0 aliphatic heterocycles. The number of rotatable bonds is 7. The van der Waals surface area contributed by atoms with E-state index in [9.17, 15) is 14.4 Å². The first-order chi connectivity index (χ1) is 11.0. The van der Waals surface area contributed by atoms with Gasteiger partial charge in [0.1, 0.15) is 6.04 Å². The third kappa shape index (κ3) is 4.81. The molecule has 0 aliphatic rings. The van der Waals surface area contributed by atoms with Gasteiger partial charge in [0, 0.05) is 12.8 Å². The third-order valence-corrected chi connectivity index (χ3v) is 3.50. The number of carboxylic acid groups (broad SMARTS) is 1. The number of hydrogen-bond donors (Lipinski definition) is 3. The Labute approximate surface area is 133 Å². The molecule has 0 fully saturated rings. The number of benzene rings is 2. The first kappa shape index (κ1) is 16.5. The van der Waals surface area contributed by atoms with Crippen LogP contribution >= 0.6 is 0 Å². The number of carboxylic acids is 1. The van der Waals surface area contributed by atoms with Crippen LogP contribution in [-0.4, -0.2) is 28.9 Å². The van der Waals surface area contributed by atoms with Gasteiger partial charge in [0.2, 0.25) is 11.8 Å². The van der Waals surface area contributed by atoms with Crippen molar-refractivity contribution < 1.29 is 19.5 Å². The molecular formula is C17H18N2O4. The second-order valence-electron chi connectivity index (χ2n) is 5.30. The fraction of sp³-hybridized carbons (Fsp3) is 0.235. The quantitative estimate of drug-likeness (QED) is 0.713. The molecule has 0 saturated heterocycles. The van der Waals surface area contributed by atoms with E-state index in [-0.39, 0.29) is 19.3 Å². The normalized spacial score (nSPS) is 11.8. The van der Waals surface area contributed by atoms with Gasteiger partial charge in [-0.25, -0.2) is 0 Å². The van der Waals surface area contributed by atoms with Gasteiger partial charge < -0.3 is 16.2 Å². The van der Waals surface area contributed by atoms with Crippen molar-refractivity contribution in [3.05, 3.63) is 48.0 Å². The van der Waals surface area contributed by atoms with Crippen LogP contribution in [0.25, 0.3) is 10.8 Å². The summed E-state index contributed by atoms with van der Waals surface area (Å²) < 4.78 is 0. The molecule has 2 rings (SSSR count). The van der Waals surface area contributed by atoms with E-state index in [0.29, 0.717) is 0 Å². The maximum absolute atomic E-state index is 11.7. The summed E-state index contributed by atoms with van der Waals surface area (Å²) in [6.07, 6.45) is -0.205. The van der Waals surface area contributed by atoms with Crippen molar-refractivity contribution in [3.8, 4) is 0 Å². The van der Waals surface area contributed by atoms with E-state index in [4.69, 9.17) is 10.8 Å². The molecule has 120 valence electrons. The molecule has 2 aromatic carbocycles. The predicted molar refractivity (Wildman–Crippen MR) is 85.6 cm³/mol. The Hall–Kier alpha value is -2.89. The smallest absolute Gasteiger partial charge is 0.303 e. The molecule has 6 heteroatoms. The molecule has 23 heavy (non-hydrogen) atoms. The maximum atomic E-state index is 11.7. The summed E-state index contributed by atoms with van der Waals surface area (Å²) in [6, 6.07) is 12.7. The van der Waals surface area contributed by atoms with Crippen LogP contribution in [0.2, 0.25) is 0 Å². The molecule has 1 atom stereocenters. The number of hydrogen-bond acceptors (Lipinski definition) is 3. The standard InChI is InChI=1S/C17H18N2O4/c18-17(23)14(19-15(20)7-8-16(21)22)10-11-5-6-12-3-1-2-4-13(12)9-11/h1-6,9,14H,7-8,10H2,(H2,18,23)(H,19,20)(H,21,22)/t14-/m0/s1. The van der Waals surface area contributed by atoms with E-state index in [1.54, 1.807) is 0 Å². The summed E-state index contributed by atoms with van der Waals surface area (Å²) in [5, 5.41) is 13.2. The first-order valence-corrected chi connectivity index (χ1v) is 7.24. The average Bonchev–Trinajstić information content (AvgIpc) is 2.52. The molecule has 0 saturated carbocycles. The second-order valence-corrected chi connectivity index (χ2v) is 5.30. The minimum atomic E-state index is -1.06. The Kier molecular flexibility index (Phi) is 5.30. The lowest BCUT2D eigenvalue weighted by Crippen LogP contribution is -2.45. The molecule has 0 unspecified atom stereocenters. The van der Waals surface area contributed by atoms with Gasteiger partial charge in [-0.05, 0) is 16.3 Å². The van der Waals surface area contributed by atoms with Crippen molar-refractivity contribution in [1.82, 2.24) is 5.32 Å². The third-order valence-electron chi connectivity index (χ3n) is 3.50. The molecule has 0 aliphatic carbocycles. The Balaban J connectivity index is 2.07. The van der Waals surface area contributed by atoms with Crippen LogP contribution in [0.1, 0.15) is 18.4 Å². The van der Waals surface area contributed by atoms with E-state index in [1.165, 1.54) is 0 Å². The zero-order valence-electron chi connectivity index (χ0n) is 12.5. The molecule has 0 heterocycles. The molecule has 6 nitrogen and oxygen atoms in total. The highest BCUT2D eigenvalue weighted by Crippen LogP contribution is 2.16. The zero-order valence-corrected chi connectivity index (χ0v) is 12.5. The fourth-order valence-corrected chi connectivity index (χ4v) is 2.31. The lowest BCUT2D eigenvalue weighted by Gasteiger charge is -2.15. The van der Waals surface area contributed by atoms with Gasteiger partial charge in [0.15, 0.2) is 0 Å². The van der Waals surface area contributed by atoms with Gasteiger partial charge in [-0.15, -0.1) is 0 Å². The number of fused-ring (bicyclic) bond motifs is 1. The molecule has 0 bridgehead atoms. The summed E-state index contributed by atoms with van der Waals surface area (Å²) >= 11 is 0. The summed E-state index contributed by atoms with van der Waals surface area (Å²) in [6.45, 7) is 0. The monoisotopic (exact) mass is 314 g/mol. The zero-order chi connectivity index (χ0) is 16.8. The van der Waals surface area contributed by atoms with Gasteiger partial charge >= 0.3 is 5.97 Å². The van der Waals surface area contributed by atoms with Crippen LogP contribution < -0.4 is 11.1 Å². The predicted octanol–water partition coefficient (Wildman–Crippen LogP) is 1.22. The molecule has 0 radical (unpaired) electrons. The van der Waals surface area contributed by atoms with Crippen molar-refractivity contribution in [2.24, 2.45) is 5.73 Å². The summed E-state index contributed by atoms with van der Waals surface area (Å²) in [7, 11) is 0. The minimum absolute atomic E-state index is 0.184. The first-order valence-electron chi connectivity index (χ1n) is 7.24. The van der Waals surface area contributed by atoms with E-state index < -0.39 is 23.8 Å². The van der Waals surface area contributed by atoms with Crippen molar-refractivity contribution >= 4 is 28.6 Å². The highest BCUT2D eigenvalue weighted by Gasteiger charge is 2.19. The average molecular weight is 314 g/mol. The summed E-state index contributed by atoms with van der Waals surface area (Å²) in [5.74, 6) is -2.22. The highest BCUT2D eigenvalue weighted by molar-refractivity contribution is 5.88. The van der Waals surface area contributed by atoms with Gasteiger partial charge in [0.25, 0.3) is 0 Å². The summed E-state index contributed by atoms with van der Waals surface area (Å²) in [5.41, 5.74) is 6.20. The van der Waals surface area contributed by atoms with Crippen molar-refractivity contribution in [3.63, 3.8) is 0 Å². The number of carbonyl (C=O) groups is 3. The number of nitrogens with one attached hydrogen (secondary N) is 1. The molecular weight excluding hydrogens is 296 g/mol. The largest absolute Gasteiger partial charge is 0.481 e. The van der Waals surface area contributed by atoms with Crippen molar-refractivity contribution in [2.75, 3.05) is 0 Å². The van der Waals surface area contributed by atoms with Gasteiger partial charge in [0.05, 0.1) is 6.42 Å². The lowest BCUT2D eigenvalue weighted by molar-refractivity contribution is -0.139. The Bertz CT molecular complexity index is 742. The van der Waals surface area contributed by atoms with Crippen molar-refractivity contribution in [2.45, 2.75) is 25.3 Å². The van der Waals surface area contributed by atoms with Crippen LogP contribution in [0.4, 0.5) is 0 Å². The van der Waals surface area contributed by atoms with Crippen molar-refractivity contribution in [1.29, 1.82) is 0 Å². The van der Waals surface area contributed by atoms with E-state index >= 15 is 0 Å². The topological polar surface area (TPSA) is 109 Å². The van der Waals surface area contributed by atoms with E-state index in [1.807, 2.05) is 42.5 Å². The summed E-state index contributed by atoms with van der Waals surface area (Å²) in [4.78, 5) is 33.7. The Morgan fingerprint density at radius 3 is 2.39 bits per heavy atom. The highest BCUT2D eigenvalue weighted by atomic mass is 16.4. The van der Waals surface area contributed by atoms with Crippen LogP contribution in [0.15, 0.2) is 42.5 Å². The molecule has 0 aromatic heterocycles. The van der Waals surface area contributed by atoms with E-state index in [0.717, 1.165) is 16.3 Å². The number of aliphatic carboxylic acids is 1. The number of nitrogens with two attached hydrogens (primary N) is 1. The lowest BCUT2D eigenvalue weighted by atomic mass is 10.0. The Morgan fingerprint density at radius 1 is 1.04 bits per heavy atom. The molecule has 2 amide bonds. The Morgan fingerprint density at radius 2 is 1.74 bits per heavy atom. The number of carbonyl (C=O) groups excluding carboxylic acids is 2. The number of amides is 2. The van der Waals surface area contributed by atoms with Gasteiger partial charge in [-0.2, -0.15) is 0 Å². The van der Waals surface area contributed by atoms with E-state index in [2.05, 4.69) is 5.32 Å². The van der Waals surface area contributed by atoms with Crippen LogP contribution in [0.3, 0.4) is 0 Å². The SMILES string of the molecule is NC(=O)[C@H](Cc1ccc2ccccc2c1)NC(=O)CCC(=O)O. The number of primary amides is 1. The van der Waals surface area contributed by atoms with Gasteiger partial charge in [-0.3, -0.25) is 14.4 Å². The fourth-order valence-electron chi connectivity index (χ4n) is 2.31. The van der Waals surface area contributed by atoms with Crippen LogP contribution in [0, 0.1) is 0 Å². The van der Waals surface area contributed by atoms with Crippen LogP contribution in [-0.2, 0) is 20.8 Å². The molecule has 4 N–H and O–H groups in total. The molecule has 2 aromatic rings.